The maximum absolute atomic E-state index is 8.86. The van der Waals surface area contributed by atoms with Crippen LogP contribution in [0.2, 0.25) is 0 Å². The quantitative estimate of drug-likeness (QED) is 0.589. The summed E-state index contributed by atoms with van der Waals surface area (Å²) in [5.74, 6) is 0. The molecule has 3 nitrogen and oxygen atoms in total. The molecule has 0 aliphatic carbocycles. The van der Waals surface area contributed by atoms with Crippen LogP contribution in [0.4, 0.5) is 0 Å². The predicted molar refractivity (Wildman–Crippen MR) is 68.7 cm³/mol. The van der Waals surface area contributed by atoms with Gasteiger partial charge in [-0.15, -0.1) is 0 Å². The maximum atomic E-state index is 8.86. The molecule has 0 aromatic rings. The van der Waals surface area contributed by atoms with Crippen molar-refractivity contribution in [3.63, 3.8) is 0 Å². The maximum Gasteiger partial charge on any atom is 0.0431 e. The molecule has 0 radical (unpaired) electrons. The molecule has 0 aromatic carbocycles. The van der Waals surface area contributed by atoms with E-state index in [-0.39, 0.29) is 0 Å². The number of aliphatic hydroxyl groups is 1. The van der Waals surface area contributed by atoms with Gasteiger partial charge in [-0.1, -0.05) is 6.92 Å². The van der Waals surface area contributed by atoms with Crippen molar-refractivity contribution in [3.8, 4) is 0 Å². The molecule has 0 spiro atoms. The van der Waals surface area contributed by atoms with Crippen LogP contribution in [-0.2, 0) is 0 Å². The highest BCUT2D eigenvalue weighted by atomic mass is 16.2. The topological polar surface area (TPSA) is 35.5 Å². The molecule has 16 heavy (non-hydrogen) atoms. The van der Waals surface area contributed by atoms with Gasteiger partial charge in [0.05, 0.1) is 0 Å². The largest absolute Gasteiger partial charge is 0.396 e. The lowest BCUT2D eigenvalue weighted by molar-refractivity contribution is 0.214. The summed E-state index contributed by atoms with van der Waals surface area (Å²) < 4.78 is 0. The minimum Gasteiger partial charge on any atom is -0.396 e. The zero-order chi connectivity index (χ0) is 11.6. The van der Waals surface area contributed by atoms with Gasteiger partial charge in [0.15, 0.2) is 0 Å². The first-order valence-corrected chi connectivity index (χ1v) is 6.94. The molecule has 3 heteroatoms. The second kappa shape index (κ2) is 8.97. The second-order valence-corrected chi connectivity index (χ2v) is 4.80. The Morgan fingerprint density at radius 2 is 2.19 bits per heavy atom. The summed E-state index contributed by atoms with van der Waals surface area (Å²) in [4.78, 5) is 2.61. The molecular formula is C13H28N2O. The summed E-state index contributed by atoms with van der Waals surface area (Å²) in [6, 6.07) is 0.748. The van der Waals surface area contributed by atoms with Gasteiger partial charge in [-0.2, -0.15) is 0 Å². The third-order valence-electron chi connectivity index (χ3n) is 3.42. The van der Waals surface area contributed by atoms with E-state index in [1.807, 2.05) is 0 Å². The lowest BCUT2D eigenvalue weighted by atomic mass is 10.1. The summed E-state index contributed by atoms with van der Waals surface area (Å²) >= 11 is 0. The molecule has 1 heterocycles. The molecular weight excluding hydrogens is 200 g/mol. The molecule has 0 amide bonds. The Labute approximate surface area is 100 Å². The van der Waals surface area contributed by atoms with Crippen LogP contribution in [0.25, 0.3) is 0 Å². The molecule has 0 aromatic heterocycles. The van der Waals surface area contributed by atoms with E-state index in [1.54, 1.807) is 0 Å². The summed E-state index contributed by atoms with van der Waals surface area (Å²) in [6.07, 6.45) is 7.31. The lowest BCUT2D eigenvalue weighted by Gasteiger charge is -2.24. The molecule has 0 saturated carbocycles. The fourth-order valence-electron chi connectivity index (χ4n) is 2.55. The van der Waals surface area contributed by atoms with Crippen LogP contribution in [0.15, 0.2) is 0 Å². The standard InChI is InChI=1S/C13H28N2O/c1-2-8-14-9-5-11-15-10-3-6-13(15)7-4-12-16/h13-14,16H,2-12H2,1H3. The molecule has 1 atom stereocenters. The number of likely N-dealkylation sites (tertiary alicyclic amines) is 1. The van der Waals surface area contributed by atoms with Crippen molar-refractivity contribution in [3.05, 3.63) is 0 Å². The van der Waals surface area contributed by atoms with Crippen molar-refractivity contribution in [2.24, 2.45) is 0 Å². The number of hydrogen-bond acceptors (Lipinski definition) is 3. The SMILES string of the molecule is CCCNCCCN1CCCC1CCCO. The molecule has 1 fully saturated rings. The van der Waals surface area contributed by atoms with Gasteiger partial charge in [0.2, 0.25) is 0 Å². The fraction of sp³-hybridized carbons (Fsp3) is 1.00. The van der Waals surface area contributed by atoms with E-state index in [2.05, 4.69) is 17.1 Å². The zero-order valence-electron chi connectivity index (χ0n) is 10.7. The first-order chi connectivity index (χ1) is 7.88. The highest BCUT2D eigenvalue weighted by molar-refractivity contribution is 4.78. The molecule has 1 unspecified atom stereocenters. The van der Waals surface area contributed by atoms with E-state index in [4.69, 9.17) is 5.11 Å². The number of hydrogen-bond donors (Lipinski definition) is 2. The van der Waals surface area contributed by atoms with E-state index >= 15 is 0 Å². The van der Waals surface area contributed by atoms with Crippen molar-refractivity contribution >= 4 is 0 Å². The van der Waals surface area contributed by atoms with E-state index in [1.165, 1.54) is 45.2 Å². The molecule has 1 aliphatic heterocycles. The fourth-order valence-corrected chi connectivity index (χ4v) is 2.55. The Morgan fingerprint density at radius 3 is 2.94 bits per heavy atom. The van der Waals surface area contributed by atoms with Gasteiger partial charge in [0.25, 0.3) is 0 Å². The van der Waals surface area contributed by atoms with Crippen LogP contribution in [-0.4, -0.2) is 48.8 Å². The highest BCUT2D eigenvalue weighted by Crippen LogP contribution is 2.20. The van der Waals surface area contributed by atoms with Crippen LogP contribution in [0, 0.1) is 0 Å². The molecule has 1 aliphatic rings. The van der Waals surface area contributed by atoms with Gasteiger partial charge >= 0.3 is 0 Å². The Morgan fingerprint density at radius 1 is 1.31 bits per heavy atom. The van der Waals surface area contributed by atoms with Gasteiger partial charge in [-0.3, -0.25) is 0 Å². The van der Waals surface area contributed by atoms with E-state index < -0.39 is 0 Å². The van der Waals surface area contributed by atoms with E-state index in [0.29, 0.717) is 6.61 Å². The number of nitrogens with one attached hydrogen (secondary N) is 1. The lowest BCUT2D eigenvalue weighted by Crippen LogP contribution is -2.32. The molecule has 2 N–H and O–H groups in total. The van der Waals surface area contributed by atoms with Gasteiger partial charge < -0.3 is 15.3 Å². The number of rotatable bonds is 9. The third-order valence-corrected chi connectivity index (χ3v) is 3.42. The number of aliphatic hydroxyl groups excluding tert-OH is 1. The minimum atomic E-state index is 0.350. The zero-order valence-corrected chi connectivity index (χ0v) is 10.7. The molecule has 0 bridgehead atoms. The molecule has 1 rings (SSSR count). The van der Waals surface area contributed by atoms with E-state index in [0.717, 1.165) is 25.6 Å². The van der Waals surface area contributed by atoms with E-state index in [9.17, 15) is 0 Å². The van der Waals surface area contributed by atoms with Gasteiger partial charge in [-0.05, 0) is 64.7 Å². The highest BCUT2D eigenvalue weighted by Gasteiger charge is 2.22. The summed E-state index contributed by atoms with van der Waals surface area (Å²) in [7, 11) is 0. The minimum absolute atomic E-state index is 0.350. The first-order valence-electron chi connectivity index (χ1n) is 6.94. The summed E-state index contributed by atoms with van der Waals surface area (Å²) in [6.45, 7) is 7.35. The Bertz CT molecular complexity index is 164. The molecule has 1 saturated heterocycles. The van der Waals surface area contributed by atoms with Crippen LogP contribution in [0.3, 0.4) is 0 Å². The Balaban J connectivity index is 2.05. The average molecular weight is 228 g/mol. The van der Waals surface area contributed by atoms with Gasteiger partial charge in [0, 0.05) is 12.6 Å². The summed E-state index contributed by atoms with van der Waals surface area (Å²) in [5, 5.41) is 12.3. The Hall–Kier alpha value is -0.120. The van der Waals surface area contributed by atoms with Crippen molar-refractivity contribution in [2.45, 2.75) is 51.5 Å². The first kappa shape index (κ1) is 13.9. The van der Waals surface area contributed by atoms with Crippen molar-refractivity contribution in [2.75, 3.05) is 32.8 Å². The third kappa shape index (κ3) is 5.28. The Kier molecular flexibility index (Phi) is 7.81. The second-order valence-electron chi connectivity index (χ2n) is 4.80. The predicted octanol–water partition coefficient (Wildman–Crippen LogP) is 1.61. The van der Waals surface area contributed by atoms with Crippen LogP contribution >= 0.6 is 0 Å². The monoisotopic (exact) mass is 228 g/mol. The van der Waals surface area contributed by atoms with Gasteiger partial charge in [-0.25, -0.2) is 0 Å². The summed E-state index contributed by atoms with van der Waals surface area (Å²) in [5.41, 5.74) is 0. The van der Waals surface area contributed by atoms with Crippen molar-refractivity contribution < 1.29 is 5.11 Å². The number of nitrogens with zero attached hydrogens (tertiary/aromatic N) is 1. The van der Waals surface area contributed by atoms with Crippen LogP contribution in [0.1, 0.15) is 45.4 Å². The van der Waals surface area contributed by atoms with Crippen molar-refractivity contribution in [1.29, 1.82) is 0 Å². The normalized spacial score (nSPS) is 21.8. The average Bonchev–Trinajstić information content (AvgIpc) is 2.74. The smallest absolute Gasteiger partial charge is 0.0431 e. The van der Waals surface area contributed by atoms with Crippen LogP contribution < -0.4 is 5.32 Å². The van der Waals surface area contributed by atoms with Gasteiger partial charge in [0.1, 0.15) is 0 Å². The van der Waals surface area contributed by atoms with Crippen molar-refractivity contribution in [1.82, 2.24) is 10.2 Å². The van der Waals surface area contributed by atoms with Crippen LogP contribution in [0.5, 0.6) is 0 Å². The molecule has 96 valence electrons.